The summed E-state index contributed by atoms with van der Waals surface area (Å²) in [7, 11) is 0. The molecule has 7 nitrogen and oxygen atoms in total. The highest BCUT2D eigenvalue weighted by Gasteiger charge is 2.38. The summed E-state index contributed by atoms with van der Waals surface area (Å²) in [5.74, 6) is -0.0425. The topological polar surface area (TPSA) is 87.2 Å². The highest BCUT2D eigenvalue weighted by molar-refractivity contribution is 5.78. The Morgan fingerprint density at radius 2 is 1.70 bits per heavy atom. The van der Waals surface area contributed by atoms with Gasteiger partial charge in [-0.25, -0.2) is 4.79 Å². The summed E-state index contributed by atoms with van der Waals surface area (Å²) < 4.78 is 1.48. The van der Waals surface area contributed by atoms with E-state index in [1.807, 2.05) is 0 Å². The van der Waals surface area contributed by atoms with Crippen molar-refractivity contribution < 1.29 is 4.79 Å². The molecule has 1 amide bonds. The second kappa shape index (κ2) is 9.16. The third-order valence-electron chi connectivity index (χ3n) is 6.89. The van der Waals surface area contributed by atoms with Gasteiger partial charge in [0, 0.05) is 25.0 Å². The largest absolute Gasteiger partial charge is 0.354 e. The fraction of sp³-hybridized carbons (Fsp3) is 0.609. The van der Waals surface area contributed by atoms with Crippen LogP contribution in [0.1, 0.15) is 57.8 Å². The highest BCUT2D eigenvalue weighted by atomic mass is 16.2. The van der Waals surface area contributed by atoms with Gasteiger partial charge in [0.05, 0.1) is 10.9 Å². The molecule has 7 heteroatoms. The Labute approximate surface area is 176 Å². The van der Waals surface area contributed by atoms with Crippen LogP contribution in [0.5, 0.6) is 0 Å². The van der Waals surface area contributed by atoms with Crippen molar-refractivity contribution in [2.75, 3.05) is 19.6 Å². The lowest BCUT2D eigenvalue weighted by molar-refractivity contribution is -0.122. The van der Waals surface area contributed by atoms with Crippen molar-refractivity contribution in [2.24, 2.45) is 0 Å². The second-order valence-electron chi connectivity index (χ2n) is 8.79. The maximum atomic E-state index is 12.7. The van der Waals surface area contributed by atoms with E-state index in [0.717, 1.165) is 25.9 Å². The van der Waals surface area contributed by atoms with Gasteiger partial charge < -0.3 is 5.32 Å². The molecule has 0 bridgehead atoms. The average Bonchev–Trinajstić information content (AvgIpc) is 2.79. The first-order valence-electron chi connectivity index (χ1n) is 11.3. The first kappa shape index (κ1) is 20.8. The van der Waals surface area contributed by atoms with Crippen LogP contribution in [0.3, 0.4) is 0 Å². The van der Waals surface area contributed by atoms with Gasteiger partial charge in [-0.2, -0.15) is 0 Å². The number of rotatable bonds is 6. The number of fused-ring (bicyclic) bond motifs is 1. The lowest BCUT2D eigenvalue weighted by Gasteiger charge is -2.48. The number of carbonyl (C=O) groups excluding carboxylic acids is 1. The van der Waals surface area contributed by atoms with Crippen LogP contribution in [-0.2, 0) is 11.3 Å². The average molecular weight is 413 g/mol. The Balaban J connectivity index is 1.42. The van der Waals surface area contributed by atoms with Crippen molar-refractivity contribution in [3.8, 4) is 0 Å². The molecule has 0 spiro atoms. The van der Waals surface area contributed by atoms with Crippen molar-refractivity contribution >= 4 is 16.8 Å². The maximum Gasteiger partial charge on any atom is 0.328 e. The van der Waals surface area contributed by atoms with E-state index in [9.17, 15) is 14.4 Å². The molecule has 1 aromatic heterocycles. The van der Waals surface area contributed by atoms with Crippen LogP contribution in [0.25, 0.3) is 10.9 Å². The molecule has 1 saturated heterocycles. The molecule has 2 heterocycles. The van der Waals surface area contributed by atoms with Crippen LogP contribution in [0.2, 0.25) is 0 Å². The predicted octanol–water partition coefficient (Wildman–Crippen LogP) is 2.38. The van der Waals surface area contributed by atoms with Crippen LogP contribution in [0, 0.1) is 0 Å². The summed E-state index contributed by atoms with van der Waals surface area (Å²) in [5, 5.41) is 3.63. The zero-order valence-electron chi connectivity index (χ0n) is 17.6. The third-order valence-corrected chi connectivity index (χ3v) is 6.89. The minimum atomic E-state index is -0.469. The van der Waals surface area contributed by atoms with Gasteiger partial charge in [0.15, 0.2) is 0 Å². The second-order valence-corrected chi connectivity index (χ2v) is 8.79. The van der Waals surface area contributed by atoms with Crippen molar-refractivity contribution in [1.29, 1.82) is 0 Å². The molecule has 4 rings (SSSR count). The van der Waals surface area contributed by atoms with Crippen LogP contribution in [-0.4, -0.2) is 45.5 Å². The lowest BCUT2D eigenvalue weighted by Crippen LogP contribution is -2.58. The monoisotopic (exact) mass is 412 g/mol. The molecule has 162 valence electrons. The minimum absolute atomic E-state index is 0.0425. The Hall–Kier alpha value is -2.41. The number of aromatic amines is 1. The molecular weight excluding hydrogens is 380 g/mol. The molecule has 30 heavy (non-hydrogen) atoms. The summed E-state index contributed by atoms with van der Waals surface area (Å²) in [6.45, 7) is 3.20. The fourth-order valence-corrected chi connectivity index (χ4v) is 5.21. The first-order chi connectivity index (χ1) is 14.6. The van der Waals surface area contributed by atoms with Gasteiger partial charge >= 0.3 is 5.69 Å². The van der Waals surface area contributed by atoms with E-state index in [2.05, 4.69) is 15.2 Å². The van der Waals surface area contributed by atoms with E-state index in [0.29, 0.717) is 17.4 Å². The van der Waals surface area contributed by atoms with E-state index in [4.69, 9.17) is 0 Å². The van der Waals surface area contributed by atoms with Gasteiger partial charge in [-0.15, -0.1) is 0 Å². The SMILES string of the molecule is O=C(CCn1c(=O)[nH]c(=O)c2ccccc21)NCC1(N2CCCCC2)CCCCC1. The van der Waals surface area contributed by atoms with Crippen LogP contribution >= 0.6 is 0 Å². The molecule has 1 aromatic carbocycles. The van der Waals surface area contributed by atoms with Crippen LogP contribution in [0.15, 0.2) is 33.9 Å². The molecule has 2 fully saturated rings. The number of nitrogens with zero attached hydrogens (tertiary/aromatic N) is 2. The highest BCUT2D eigenvalue weighted by Crippen LogP contribution is 2.35. The van der Waals surface area contributed by atoms with E-state index in [1.54, 1.807) is 24.3 Å². The molecule has 2 N–H and O–H groups in total. The van der Waals surface area contributed by atoms with Gasteiger partial charge in [0.2, 0.25) is 5.91 Å². The van der Waals surface area contributed by atoms with Gasteiger partial charge in [0.1, 0.15) is 0 Å². The van der Waals surface area contributed by atoms with Crippen molar-refractivity contribution in [3.05, 3.63) is 45.1 Å². The van der Waals surface area contributed by atoms with Crippen molar-refractivity contribution in [2.45, 2.75) is 69.9 Å². The van der Waals surface area contributed by atoms with Gasteiger partial charge in [-0.05, 0) is 50.9 Å². The molecule has 0 radical (unpaired) electrons. The molecule has 2 aromatic rings. The summed E-state index contributed by atoms with van der Waals surface area (Å²) in [4.78, 5) is 42.0. The third kappa shape index (κ3) is 4.36. The number of benzene rings is 1. The fourth-order valence-electron chi connectivity index (χ4n) is 5.21. The van der Waals surface area contributed by atoms with E-state index < -0.39 is 11.2 Å². The summed E-state index contributed by atoms with van der Waals surface area (Å²) in [5.41, 5.74) is -0.202. The van der Waals surface area contributed by atoms with Crippen LogP contribution in [0.4, 0.5) is 0 Å². The number of nitrogens with one attached hydrogen (secondary N) is 2. The minimum Gasteiger partial charge on any atom is -0.354 e. The smallest absolute Gasteiger partial charge is 0.328 e. The molecule has 1 saturated carbocycles. The van der Waals surface area contributed by atoms with Crippen molar-refractivity contribution in [3.63, 3.8) is 0 Å². The Kier molecular flexibility index (Phi) is 6.37. The molecular formula is C23H32N4O3. The number of para-hydroxylation sites is 1. The number of hydrogen-bond acceptors (Lipinski definition) is 4. The molecule has 1 aliphatic heterocycles. The van der Waals surface area contributed by atoms with Crippen molar-refractivity contribution in [1.82, 2.24) is 19.8 Å². The quantitative estimate of drug-likeness (QED) is 0.763. The standard InChI is InChI=1S/C23H32N4O3/c28-20(11-16-27-19-10-4-3-9-18(19)21(29)25-22(27)30)24-17-23(12-5-1-6-13-23)26-14-7-2-8-15-26/h3-4,9-10H,1-2,5-8,11-17H2,(H,24,28)(H,25,29,30). The Bertz CT molecular complexity index is 997. The van der Waals surface area contributed by atoms with E-state index in [-0.39, 0.29) is 24.4 Å². The number of likely N-dealkylation sites (tertiary alicyclic amines) is 1. The summed E-state index contributed by atoms with van der Waals surface area (Å²) in [6.07, 6.45) is 10.1. The number of piperidine rings is 1. The molecule has 0 unspecified atom stereocenters. The number of H-pyrrole nitrogens is 1. The van der Waals surface area contributed by atoms with E-state index in [1.165, 1.54) is 43.1 Å². The zero-order valence-corrected chi connectivity index (χ0v) is 17.6. The lowest BCUT2D eigenvalue weighted by atomic mass is 9.79. The Morgan fingerprint density at radius 1 is 1.00 bits per heavy atom. The van der Waals surface area contributed by atoms with Gasteiger partial charge in [0.25, 0.3) is 5.56 Å². The number of carbonyl (C=O) groups is 1. The molecule has 2 aliphatic rings. The molecule has 0 atom stereocenters. The number of hydrogen-bond donors (Lipinski definition) is 2. The number of aryl methyl sites for hydroxylation is 1. The maximum absolute atomic E-state index is 12.7. The van der Waals surface area contributed by atoms with Gasteiger partial charge in [-0.3, -0.25) is 24.0 Å². The van der Waals surface area contributed by atoms with Gasteiger partial charge in [-0.1, -0.05) is 37.8 Å². The Morgan fingerprint density at radius 3 is 2.47 bits per heavy atom. The molecule has 1 aliphatic carbocycles. The first-order valence-corrected chi connectivity index (χ1v) is 11.3. The number of aromatic nitrogens is 2. The predicted molar refractivity (Wildman–Crippen MR) is 118 cm³/mol. The summed E-state index contributed by atoms with van der Waals surface area (Å²) in [6, 6.07) is 7.00. The summed E-state index contributed by atoms with van der Waals surface area (Å²) >= 11 is 0. The van der Waals surface area contributed by atoms with Crippen LogP contribution < -0.4 is 16.6 Å². The van der Waals surface area contributed by atoms with E-state index >= 15 is 0 Å². The normalized spacial score (nSPS) is 19.6. The number of amides is 1. The zero-order chi connectivity index (χ0) is 21.0.